The number of ether oxygens (including phenoxy) is 2. The Labute approximate surface area is 355 Å². The third-order valence-corrected chi connectivity index (χ3v) is 11.4. The van der Waals surface area contributed by atoms with Gasteiger partial charge >= 0.3 is 0 Å². The molecule has 1 heterocycles. The van der Waals surface area contributed by atoms with Crippen LogP contribution in [0.3, 0.4) is 0 Å². The summed E-state index contributed by atoms with van der Waals surface area (Å²) >= 11 is 0. The lowest BCUT2D eigenvalue weighted by molar-refractivity contribution is -0.302. The summed E-state index contributed by atoms with van der Waals surface area (Å²) in [4.78, 5) is 12.9. The highest BCUT2D eigenvalue weighted by molar-refractivity contribution is 5.76. The van der Waals surface area contributed by atoms with Crippen molar-refractivity contribution in [2.45, 2.75) is 256 Å². The van der Waals surface area contributed by atoms with Crippen molar-refractivity contribution in [3.63, 3.8) is 0 Å². The van der Waals surface area contributed by atoms with E-state index in [1.54, 1.807) is 6.08 Å². The van der Waals surface area contributed by atoms with Crippen LogP contribution in [0.4, 0.5) is 0 Å². The first kappa shape index (κ1) is 54.4. The summed E-state index contributed by atoms with van der Waals surface area (Å²) in [6, 6.07) is -0.811. The number of unbranched alkanes of at least 4 members (excludes halogenated alkanes) is 26. The molecule has 0 bridgehead atoms. The Morgan fingerprint density at radius 3 is 1.55 bits per heavy atom. The highest BCUT2D eigenvalue weighted by Crippen LogP contribution is 2.23. The first-order valence-electron chi connectivity index (χ1n) is 24.2. The predicted octanol–water partition coefficient (Wildman–Crippen LogP) is 10.5. The fourth-order valence-corrected chi connectivity index (χ4v) is 7.55. The van der Waals surface area contributed by atoms with Crippen molar-refractivity contribution in [3.8, 4) is 0 Å². The van der Waals surface area contributed by atoms with E-state index >= 15 is 0 Å². The molecule has 0 aliphatic carbocycles. The van der Waals surface area contributed by atoms with E-state index in [2.05, 4.69) is 43.5 Å². The van der Waals surface area contributed by atoms with Crippen molar-refractivity contribution in [1.29, 1.82) is 0 Å². The number of aliphatic hydroxyl groups excluding tert-OH is 5. The third kappa shape index (κ3) is 29.6. The summed E-state index contributed by atoms with van der Waals surface area (Å²) in [6.45, 7) is 3.70. The van der Waals surface area contributed by atoms with E-state index in [4.69, 9.17) is 9.47 Å². The standard InChI is InChI=1S/C49H91NO8/c1-3-5-7-9-11-13-15-17-18-19-20-21-22-23-24-25-27-28-30-32-34-36-38-43(52)42(41-57-49-48(56)47(55)46(54)44(40-51)58-49)50-45(53)39-37-35-33-31-29-26-16-14-12-10-8-6-4-2/h8,10,14,16,36,38,42-44,46-49,51-52,54-56H,3-7,9,11-13,15,17-35,37,39-41H2,1-2H3,(H,50,53)/b10-8-,16-14-,38-36+. The summed E-state index contributed by atoms with van der Waals surface area (Å²) < 4.78 is 11.2. The van der Waals surface area contributed by atoms with Crippen LogP contribution in [-0.2, 0) is 14.3 Å². The van der Waals surface area contributed by atoms with Gasteiger partial charge in [-0.1, -0.05) is 198 Å². The van der Waals surface area contributed by atoms with Crippen molar-refractivity contribution in [2.24, 2.45) is 0 Å². The molecule has 7 atom stereocenters. The highest BCUT2D eigenvalue weighted by atomic mass is 16.7. The summed E-state index contributed by atoms with van der Waals surface area (Å²) in [6.07, 6.45) is 41.9. The molecule has 0 aromatic rings. The number of rotatable bonds is 40. The summed E-state index contributed by atoms with van der Waals surface area (Å²) in [5.41, 5.74) is 0. The van der Waals surface area contributed by atoms with Crippen LogP contribution in [0.2, 0.25) is 0 Å². The first-order valence-corrected chi connectivity index (χ1v) is 24.2. The average Bonchev–Trinajstić information content (AvgIpc) is 3.22. The van der Waals surface area contributed by atoms with Crippen LogP contribution >= 0.6 is 0 Å². The second kappa shape index (κ2) is 39.5. The fourth-order valence-electron chi connectivity index (χ4n) is 7.55. The Hall–Kier alpha value is -1.59. The van der Waals surface area contributed by atoms with E-state index in [9.17, 15) is 30.3 Å². The number of amides is 1. The van der Waals surface area contributed by atoms with Gasteiger partial charge in [-0.25, -0.2) is 0 Å². The molecule has 0 radical (unpaired) electrons. The molecule has 0 aromatic carbocycles. The molecule has 7 unspecified atom stereocenters. The van der Waals surface area contributed by atoms with Crippen LogP contribution in [0.25, 0.3) is 0 Å². The molecule has 6 N–H and O–H groups in total. The van der Waals surface area contributed by atoms with Gasteiger partial charge in [0.2, 0.25) is 5.91 Å². The van der Waals surface area contributed by atoms with Gasteiger partial charge in [0.05, 0.1) is 25.4 Å². The summed E-state index contributed by atoms with van der Waals surface area (Å²) in [5, 5.41) is 54.2. The molecule has 58 heavy (non-hydrogen) atoms. The van der Waals surface area contributed by atoms with E-state index in [-0.39, 0.29) is 12.5 Å². The van der Waals surface area contributed by atoms with Crippen LogP contribution in [-0.4, -0.2) is 87.5 Å². The lowest BCUT2D eigenvalue weighted by atomic mass is 9.99. The largest absolute Gasteiger partial charge is 0.394 e. The van der Waals surface area contributed by atoms with Crippen molar-refractivity contribution in [3.05, 3.63) is 36.5 Å². The molecule has 0 spiro atoms. The monoisotopic (exact) mass is 822 g/mol. The molecule has 1 aliphatic rings. The zero-order valence-electron chi connectivity index (χ0n) is 37.3. The quantitative estimate of drug-likeness (QED) is 0.0264. The number of carbonyl (C=O) groups is 1. The minimum Gasteiger partial charge on any atom is -0.394 e. The molecule has 1 aliphatic heterocycles. The molecular formula is C49H91NO8. The smallest absolute Gasteiger partial charge is 0.220 e. The second-order valence-electron chi connectivity index (χ2n) is 16.9. The van der Waals surface area contributed by atoms with Gasteiger partial charge in [-0.3, -0.25) is 4.79 Å². The summed E-state index contributed by atoms with van der Waals surface area (Å²) in [5.74, 6) is -0.192. The second-order valence-corrected chi connectivity index (χ2v) is 16.9. The van der Waals surface area contributed by atoms with Crippen molar-refractivity contribution in [2.75, 3.05) is 13.2 Å². The molecule has 1 rings (SSSR count). The lowest BCUT2D eigenvalue weighted by Gasteiger charge is -2.40. The molecule has 9 heteroatoms. The maximum Gasteiger partial charge on any atom is 0.220 e. The minimum absolute atomic E-state index is 0.192. The van der Waals surface area contributed by atoms with Crippen LogP contribution in [0, 0.1) is 0 Å². The zero-order chi connectivity index (χ0) is 42.3. The molecule has 1 saturated heterocycles. The molecule has 1 fully saturated rings. The maximum atomic E-state index is 12.9. The van der Waals surface area contributed by atoms with Gasteiger partial charge in [0.15, 0.2) is 6.29 Å². The number of nitrogens with one attached hydrogen (secondary N) is 1. The highest BCUT2D eigenvalue weighted by Gasteiger charge is 2.44. The number of carbonyl (C=O) groups excluding carboxylic acids is 1. The molecule has 0 aromatic heterocycles. The number of allylic oxidation sites excluding steroid dienone is 5. The normalized spacial score (nSPS) is 21.1. The Morgan fingerprint density at radius 2 is 1.05 bits per heavy atom. The van der Waals surface area contributed by atoms with E-state index in [0.29, 0.717) is 6.42 Å². The van der Waals surface area contributed by atoms with Gasteiger partial charge in [0.1, 0.15) is 24.4 Å². The summed E-state index contributed by atoms with van der Waals surface area (Å²) in [7, 11) is 0. The topological polar surface area (TPSA) is 149 Å². The molecule has 340 valence electrons. The van der Waals surface area contributed by atoms with Gasteiger partial charge in [-0.15, -0.1) is 0 Å². The molecule has 0 saturated carbocycles. The average molecular weight is 822 g/mol. The van der Waals surface area contributed by atoms with E-state index in [0.717, 1.165) is 70.6 Å². The predicted molar refractivity (Wildman–Crippen MR) is 240 cm³/mol. The zero-order valence-corrected chi connectivity index (χ0v) is 37.3. The fraction of sp³-hybridized carbons (Fsp3) is 0.857. The van der Waals surface area contributed by atoms with Crippen molar-refractivity contribution in [1.82, 2.24) is 5.32 Å². The third-order valence-electron chi connectivity index (χ3n) is 11.4. The minimum atomic E-state index is -1.57. The lowest BCUT2D eigenvalue weighted by Crippen LogP contribution is -2.60. The van der Waals surface area contributed by atoms with Gasteiger partial charge in [-0.2, -0.15) is 0 Å². The van der Waals surface area contributed by atoms with E-state index in [1.165, 1.54) is 122 Å². The van der Waals surface area contributed by atoms with Crippen molar-refractivity contribution < 1.29 is 39.8 Å². The first-order chi connectivity index (χ1) is 28.3. The Balaban J connectivity index is 2.31. The number of hydrogen-bond donors (Lipinski definition) is 6. The Kier molecular flexibility index (Phi) is 37.1. The maximum absolute atomic E-state index is 12.9. The van der Waals surface area contributed by atoms with E-state index in [1.807, 2.05) is 6.08 Å². The van der Waals surface area contributed by atoms with Crippen LogP contribution in [0.5, 0.6) is 0 Å². The number of hydrogen-bond acceptors (Lipinski definition) is 8. The Morgan fingerprint density at radius 1 is 0.586 bits per heavy atom. The van der Waals surface area contributed by atoms with Crippen molar-refractivity contribution >= 4 is 5.91 Å². The van der Waals surface area contributed by atoms with Gasteiger partial charge in [0.25, 0.3) is 0 Å². The van der Waals surface area contributed by atoms with Crippen LogP contribution in [0.15, 0.2) is 36.5 Å². The molecule has 9 nitrogen and oxygen atoms in total. The van der Waals surface area contributed by atoms with Gasteiger partial charge in [0, 0.05) is 6.42 Å². The van der Waals surface area contributed by atoms with Gasteiger partial charge < -0.3 is 40.3 Å². The Bertz CT molecular complexity index is 1000. The van der Waals surface area contributed by atoms with Crippen LogP contribution in [0.1, 0.15) is 213 Å². The SMILES string of the molecule is CCC/C=C\C/C=C\CCCCCCCC(=O)NC(COC1OC(CO)C(O)C(O)C1O)C(O)/C=C/CCCCCCCCCCCCCCCCCCCCCC. The molecular weight excluding hydrogens is 731 g/mol. The van der Waals surface area contributed by atoms with E-state index < -0.39 is 49.5 Å². The van der Waals surface area contributed by atoms with Gasteiger partial charge in [-0.05, 0) is 44.9 Å². The van der Waals surface area contributed by atoms with Crippen LogP contribution < -0.4 is 5.32 Å². The molecule has 1 amide bonds. The number of aliphatic hydroxyl groups is 5.